The normalized spacial score (nSPS) is 12.4. The third-order valence-corrected chi connectivity index (χ3v) is 3.68. The van der Waals surface area contributed by atoms with Crippen molar-refractivity contribution in [3.63, 3.8) is 0 Å². The van der Waals surface area contributed by atoms with Crippen LogP contribution in [0.4, 0.5) is 5.69 Å². The van der Waals surface area contributed by atoms with E-state index in [1.54, 1.807) is 13.3 Å². The van der Waals surface area contributed by atoms with Gasteiger partial charge in [0.1, 0.15) is 11.0 Å². The van der Waals surface area contributed by atoms with E-state index in [0.717, 1.165) is 23.6 Å². The summed E-state index contributed by atoms with van der Waals surface area (Å²) in [5.74, 6) is 1.41. The Bertz CT molecular complexity index is 417. The number of hydrogen-bond acceptors (Lipinski definition) is 5. The molecule has 0 spiro atoms. The van der Waals surface area contributed by atoms with Crippen molar-refractivity contribution in [1.29, 1.82) is 0 Å². The van der Waals surface area contributed by atoms with Gasteiger partial charge in [-0.2, -0.15) is 0 Å². The Morgan fingerprint density at radius 1 is 1.37 bits per heavy atom. The highest BCUT2D eigenvalue weighted by Crippen LogP contribution is 2.19. The molecule has 104 valence electrons. The number of aliphatic imine (C=N–C) groups is 1. The fourth-order valence-corrected chi connectivity index (χ4v) is 2.22. The van der Waals surface area contributed by atoms with Crippen molar-refractivity contribution in [3.8, 4) is 5.75 Å². The summed E-state index contributed by atoms with van der Waals surface area (Å²) in [6.07, 6.45) is 2.64. The van der Waals surface area contributed by atoms with Crippen LogP contribution in [-0.2, 0) is 9.53 Å². The molecule has 5 heteroatoms. The van der Waals surface area contributed by atoms with Gasteiger partial charge in [-0.15, -0.1) is 11.8 Å². The van der Waals surface area contributed by atoms with Gasteiger partial charge >= 0.3 is 5.97 Å². The molecule has 1 aromatic carbocycles. The van der Waals surface area contributed by atoms with Crippen LogP contribution in [0, 0.1) is 0 Å². The molecule has 19 heavy (non-hydrogen) atoms. The number of ether oxygens (including phenoxy) is 2. The van der Waals surface area contributed by atoms with Crippen LogP contribution in [0.25, 0.3) is 0 Å². The molecule has 1 rings (SSSR count). The van der Waals surface area contributed by atoms with Gasteiger partial charge in [0.05, 0.1) is 19.9 Å². The van der Waals surface area contributed by atoms with Crippen LogP contribution >= 0.6 is 11.8 Å². The van der Waals surface area contributed by atoms with Crippen LogP contribution in [0.2, 0.25) is 0 Å². The van der Waals surface area contributed by atoms with Gasteiger partial charge in [0, 0.05) is 6.21 Å². The Kier molecular flexibility index (Phi) is 7.03. The van der Waals surface area contributed by atoms with Crippen molar-refractivity contribution in [2.45, 2.75) is 18.6 Å². The average molecular weight is 281 g/mol. The molecule has 0 radical (unpaired) electrons. The standard InChI is InChI=1S/C14H19NO3S/c1-4-9-19-13(14(16)18-3)10-15-11-5-7-12(17-2)8-6-11/h5-8,10,13H,4,9H2,1-3H3. The summed E-state index contributed by atoms with van der Waals surface area (Å²) in [5, 5.41) is -0.355. The van der Waals surface area contributed by atoms with Gasteiger partial charge in [-0.25, -0.2) is 0 Å². The maximum Gasteiger partial charge on any atom is 0.324 e. The summed E-state index contributed by atoms with van der Waals surface area (Å²) in [4.78, 5) is 15.9. The summed E-state index contributed by atoms with van der Waals surface area (Å²) < 4.78 is 9.84. The largest absolute Gasteiger partial charge is 0.497 e. The number of methoxy groups -OCH3 is 2. The molecule has 0 aliphatic rings. The van der Waals surface area contributed by atoms with Crippen molar-refractivity contribution in [2.24, 2.45) is 4.99 Å². The first kappa shape index (κ1) is 15.6. The molecule has 0 amide bonds. The van der Waals surface area contributed by atoms with E-state index in [0.29, 0.717) is 0 Å². The van der Waals surface area contributed by atoms with Crippen molar-refractivity contribution >= 4 is 29.6 Å². The molecule has 0 N–H and O–H groups in total. The quantitative estimate of drug-likeness (QED) is 0.569. The van der Waals surface area contributed by atoms with Gasteiger partial charge < -0.3 is 9.47 Å². The van der Waals surface area contributed by atoms with Crippen molar-refractivity contribution < 1.29 is 14.3 Å². The fourth-order valence-electron chi connectivity index (χ4n) is 1.35. The first-order valence-electron chi connectivity index (χ1n) is 6.09. The predicted octanol–water partition coefficient (Wildman–Crippen LogP) is 3.08. The lowest BCUT2D eigenvalue weighted by atomic mass is 10.3. The molecule has 0 saturated carbocycles. The van der Waals surface area contributed by atoms with Crippen LogP contribution < -0.4 is 4.74 Å². The fraction of sp³-hybridized carbons (Fsp3) is 0.429. The Labute approximate surface area is 118 Å². The maximum atomic E-state index is 11.6. The van der Waals surface area contributed by atoms with E-state index >= 15 is 0 Å². The minimum Gasteiger partial charge on any atom is -0.497 e. The van der Waals surface area contributed by atoms with E-state index in [1.807, 2.05) is 24.3 Å². The summed E-state index contributed by atoms with van der Waals surface area (Å²) in [5.41, 5.74) is 0.784. The Morgan fingerprint density at radius 3 is 2.58 bits per heavy atom. The second kappa shape index (κ2) is 8.58. The molecular weight excluding hydrogens is 262 g/mol. The minimum absolute atomic E-state index is 0.268. The monoisotopic (exact) mass is 281 g/mol. The first-order chi connectivity index (χ1) is 9.21. The number of carbonyl (C=O) groups excluding carboxylic acids is 1. The molecule has 0 heterocycles. The highest BCUT2D eigenvalue weighted by atomic mass is 32.2. The summed E-state index contributed by atoms with van der Waals surface area (Å²) in [6.45, 7) is 2.07. The molecule has 1 aromatic rings. The summed E-state index contributed by atoms with van der Waals surface area (Å²) >= 11 is 1.53. The first-order valence-corrected chi connectivity index (χ1v) is 7.13. The van der Waals surface area contributed by atoms with Gasteiger partial charge in [-0.05, 0) is 36.4 Å². The number of nitrogens with zero attached hydrogens (tertiary/aromatic N) is 1. The second-order valence-electron chi connectivity index (χ2n) is 3.79. The lowest BCUT2D eigenvalue weighted by Gasteiger charge is -2.08. The van der Waals surface area contributed by atoms with Gasteiger partial charge in [0.25, 0.3) is 0 Å². The van der Waals surface area contributed by atoms with Crippen LogP contribution in [0.5, 0.6) is 5.75 Å². The summed E-state index contributed by atoms with van der Waals surface area (Å²) in [7, 11) is 3.01. The molecule has 0 saturated heterocycles. The zero-order valence-electron chi connectivity index (χ0n) is 11.5. The SMILES string of the molecule is CCCSC(C=Nc1ccc(OC)cc1)C(=O)OC. The average Bonchev–Trinajstić information content (AvgIpc) is 2.47. The topological polar surface area (TPSA) is 47.9 Å². The van der Waals surface area contributed by atoms with Gasteiger partial charge in [0.2, 0.25) is 0 Å². The Hall–Kier alpha value is -1.49. The van der Waals surface area contributed by atoms with E-state index in [1.165, 1.54) is 18.9 Å². The van der Waals surface area contributed by atoms with Gasteiger partial charge in [-0.1, -0.05) is 6.92 Å². The molecular formula is C14H19NO3S. The third-order valence-electron chi connectivity index (χ3n) is 2.37. The Balaban J connectivity index is 2.70. The highest BCUT2D eigenvalue weighted by molar-refractivity contribution is 8.01. The smallest absolute Gasteiger partial charge is 0.324 e. The molecule has 1 atom stereocenters. The number of hydrogen-bond donors (Lipinski definition) is 0. The molecule has 0 fully saturated rings. The van der Waals surface area contributed by atoms with Crippen molar-refractivity contribution in [3.05, 3.63) is 24.3 Å². The third kappa shape index (κ3) is 5.34. The molecule has 0 aromatic heterocycles. The zero-order chi connectivity index (χ0) is 14.1. The number of esters is 1. The number of carbonyl (C=O) groups is 1. The number of thioether (sulfide) groups is 1. The van der Waals surface area contributed by atoms with E-state index in [-0.39, 0.29) is 11.2 Å². The van der Waals surface area contributed by atoms with E-state index in [2.05, 4.69) is 11.9 Å². The highest BCUT2D eigenvalue weighted by Gasteiger charge is 2.16. The molecule has 1 unspecified atom stereocenters. The van der Waals surface area contributed by atoms with Crippen molar-refractivity contribution in [2.75, 3.05) is 20.0 Å². The molecule has 0 aliphatic heterocycles. The van der Waals surface area contributed by atoms with Crippen molar-refractivity contribution in [1.82, 2.24) is 0 Å². The van der Waals surface area contributed by atoms with E-state index in [4.69, 9.17) is 9.47 Å². The molecule has 4 nitrogen and oxygen atoms in total. The zero-order valence-corrected chi connectivity index (χ0v) is 12.3. The van der Waals surface area contributed by atoms with E-state index < -0.39 is 0 Å². The lowest BCUT2D eigenvalue weighted by molar-refractivity contribution is -0.138. The number of rotatable bonds is 7. The van der Waals surface area contributed by atoms with Crippen LogP contribution in [-0.4, -0.2) is 37.4 Å². The van der Waals surface area contributed by atoms with Crippen LogP contribution in [0.15, 0.2) is 29.3 Å². The Morgan fingerprint density at radius 2 is 2.05 bits per heavy atom. The van der Waals surface area contributed by atoms with Gasteiger partial charge in [-0.3, -0.25) is 9.79 Å². The maximum absolute atomic E-state index is 11.6. The van der Waals surface area contributed by atoms with E-state index in [9.17, 15) is 4.79 Å². The lowest BCUT2D eigenvalue weighted by Crippen LogP contribution is -2.20. The van der Waals surface area contributed by atoms with Crippen LogP contribution in [0.3, 0.4) is 0 Å². The van der Waals surface area contributed by atoms with Crippen LogP contribution in [0.1, 0.15) is 13.3 Å². The van der Waals surface area contributed by atoms with Gasteiger partial charge in [0.15, 0.2) is 0 Å². The molecule has 0 bridgehead atoms. The predicted molar refractivity (Wildman–Crippen MR) is 79.7 cm³/mol. The summed E-state index contributed by atoms with van der Waals surface area (Å²) in [6, 6.07) is 7.35. The minimum atomic E-state index is -0.355. The second-order valence-corrected chi connectivity index (χ2v) is 5.04. The molecule has 0 aliphatic carbocycles. The number of benzene rings is 1.